The SMILES string of the molecule is CNCc1ccc(CN2CCOCC2)c(F)c1. The molecule has 0 spiro atoms. The van der Waals surface area contributed by atoms with Crippen molar-refractivity contribution >= 4 is 0 Å². The second-order valence-corrected chi connectivity index (χ2v) is 4.34. The molecule has 1 heterocycles. The van der Waals surface area contributed by atoms with Crippen LogP contribution < -0.4 is 5.32 Å². The van der Waals surface area contributed by atoms with E-state index in [9.17, 15) is 4.39 Å². The predicted molar refractivity (Wildman–Crippen MR) is 65.3 cm³/mol. The van der Waals surface area contributed by atoms with Gasteiger partial charge in [0.25, 0.3) is 0 Å². The molecule has 3 nitrogen and oxygen atoms in total. The Hall–Kier alpha value is -0.970. The number of rotatable bonds is 4. The van der Waals surface area contributed by atoms with Gasteiger partial charge in [-0.3, -0.25) is 4.90 Å². The van der Waals surface area contributed by atoms with Crippen molar-refractivity contribution < 1.29 is 9.13 Å². The fourth-order valence-electron chi connectivity index (χ4n) is 2.03. The Morgan fingerprint density at radius 3 is 2.76 bits per heavy atom. The number of nitrogens with zero attached hydrogens (tertiary/aromatic N) is 1. The van der Waals surface area contributed by atoms with Crippen LogP contribution in [0.3, 0.4) is 0 Å². The summed E-state index contributed by atoms with van der Waals surface area (Å²) in [5.74, 6) is -0.107. The van der Waals surface area contributed by atoms with Crippen molar-refractivity contribution in [3.05, 3.63) is 35.1 Å². The number of hydrogen-bond donors (Lipinski definition) is 1. The first-order valence-electron chi connectivity index (χ1n) is 6.01. The second kappa shape index (κ2) is 6.10. The van der Waals surface area contributed by atoms with E-state index in [0.29, 0.717) is 13.1 Å². The van der Waals surface area contributed by atoms with Crippen LogP contribution in [0.2, 0.25) is 0 Å². The van der Waals surface area contributed by atoms with Gasteiger partial charge in [-0.15, -0.1) is 0 Å². The zero-order valence-electron chi connectivity index (χ0n) is 10.2. The Kier molecular flexibility index (Phi) is 4.48. The highest BCUT2D eigenvalue weighted by molar-refractivity contribution is 5.24. The van der Waals surface area contributed by atoms with E-state index < -0.39 is 0 Å². The lowest BCUT2D eigenvalue weighted by atomic mass is 10.1. The van der Waals surface area contributed by atoms with Crippen LogP contribution in [-0.4, -0.2) is 38.3 Å². The van der Waals surface area contributed by atoms with E-state index >= 15 is 0 Å². The molecular formula is C13H19FN2O. The Morgan fingerprint density at radius 1 is 1.35 bits per heavy atom. The summed E-state index contributed by atoms with van der Waals surface area (Å²) in [6, 6.07) is 5.49. The molecule has 1 N–H and O–H groups in total. The summed E-state index contributed by atoms with van der Waals surface area (Å²) in [7, 11) is 1.86. The molecule has 4 heteroatoms. The van der Waals surface area contributed by atoms with Gasteiger partial charge in [-0.25, -0.2) is 4.39 Å². The summed E-state index contributed by atoms with van der Waals surface area (Å²) in [5.41, 5.74) is 1.75. The molecule has 0 radical (unpaired) electrons. The maximum Gasteiger partial charge on any atom is 0.128 e. The Balaban J connectivity index is 2.00. The molecule has 1 aromatic rings. The second-order valence-electron chi connectivity index (χ2n) is 4.34. The summed E-state index contributed by atoms with van der Waals surface area (Å²) >= 11 is 0. The molecule has 0 saturated carbocycles. The molecule has 0 atom stereocenters. The number of hydrogen-bond acceptors (Lipinski definition) is 3. The van der Waals surface area contributed by atoms with Crippen LogP contribution in [0.15, 0.2) is 18.2 Å². The largest absolute Gasteiger partial charge is 0.379 e. The number of ether oxygens (including phenoxy) is 1. The third-order valence-electron chi connectivity index (χ3n) is 3.00. The van der Waals surface area contributed by atoms with E-state index in [1.54, 1.807) is 6.07 Å². The van der Waals surface area contributed by atoms with Crippen molar-refractivity contribution in [2.24, 2.45) is 0 Å². The fraction of sp³-hybridized carbons (Fsp3) is 0.538. The molecule has 94 valence electrons. The monoisotopic (exact) mass is 238 g/mol. The Labute approximate surface area is 102 Å². The number of nitrogens with one attached hydrogen (secondary N) is 1. The van der Waals surface area contributed by atoms with Gasteiger partial charge in [0.15, 0.2) is 0 Å². The van der Waals surface area contributed by atoms with Crippen molar-refractivity contribution in [1.29, 1.82) is 0 Å². The molecule has 1 aliphatic rings. The van der Waals surface area contributed by atoms with Crippen LogP contribution in [-0.2, 0) is 17.8 Å². The number of benzene rings is 1. The van der Waals surface area contributed by atoms with E-state index in [1.165, 1.54) is 0 Å². The summed E-state index contributed by atoms with van der Waals surface area (Å²) in [4.78, 5) is 2.22. The predicted octanol–water partition coefficient (Wildman–Crippen LogP) is 1.38. The normalized spacial score (nSPS) is 17.3. The molecule has 0 unspecified atom stereocenters. The molecule has 0 aromatic heterocycles. The van der Waals surface area contributed by atoms with Gasteiger partial charge in [0.05, 0.1) is 13.2 Å². The molecule has 1 saturated heterocycles. The highest BCUT2D eigenvalue weighted by Crippen LogP contribution is 2.13. The third-order valence-corrected chi connectivity index (χ3v) is 3.00. The standard InChI is InChI=1S/C13H19FN2O/c1-15-9-11-2-3-12(13(14)8-11)10-16-4-6-17-7-5-16/h2-3,8,15H,4-7,9-10H2,1H3. The van der Waals surface area contributed by atoms with Gasteiger partial charge in [0.2, 0.25) is 0 Å². The molecule has 0 aliphatic carbocycles. The van der Waals surface area contributed by atoms with Crippen molar-refractivity contribution in [1.82, 2.24) is 10.2 Å². The van der Waals surface area contributed by atoms with Crippen LogP contribution >= 0.6 is 0 Å². The lowest BCUT2D eigenvalue weighted by Gasteiger charge is -2.26. The highest BCUT2D eigenvalue weighted by atomic mass is 19.1. The zero-order valence-corrected chi connectivity index (χ0v) is 10.2. The van der Waals surface area contributed by atoms with E-state index in [1.807, 2.05) is 19.2 Å². The molecule has 1 fully saturated rings. The molecule has 0 amide bonds. The minimum Gasteiger partial charge on any atom is -0.379 e. The van der Waals surface area contributed by atoms with Crippen LogP contribution in [0.25, 0.3) is 0 Å². The van der Waals surface area contributed by atoms with E-state index in [0.717, 1.165) is 37.4 Å². The smallest absolute Gasteiger partial charge is 0.128 e. The van der Waals surface area contributed by atoms with E-state index in [4.69, 9.17) is 4.74 Å². The van der Waals surface area contributed by atoms with Gasteiger partial charge in [0.1, 0.15) is 5.82 Å². The topological polar surface area (TPSA) is 24.5 Å². The lowest BCUT2D eigenvalue weighted by Crippen LogP contribution is -2.35. The Morgan fingerprint density at radius 2 is 2.12 bits per heavy atom. The minimum absolute atomic E-state index is 0.107. The minimum atomic E-state index is -0.107. The first kappa shape index (κ1) is 12.5. The highest BCUT2D eigenvalue weighted by Gasteiger charge is 2.13. The van der Waals surface area contributed by atoms with Gasteiger partial charge in [-0.1, -0.05) is 12.1 Å². The van der Waals surface area contributed by atoms with Crippen LogP contribution in [0.4, 0.5) is 4.39 Å². The maximum atomic E-state index is 13.8. The first-order valence-corrected chi connectivity index (χ1v) is 6.01. The molecular weight excluding hydrogens is 219 g/mol. The summed E-state index contributed by atoms with van der Waals surface area (Å²) in [6.07, 6.45) is 0. The maximum absolute atomic E-state index is 13.8. The Bertz CT molecular complexity index is 364. The average Bonchev–Trinajstić information content (AvgIpc) is 2.34. The van der Waals surface area contributed by atoms with Crippen molar-refractivity contribution in [3.8, 4) is 0 Å². The molecule has 2 rings (SSSR count). The van der Waals surface area contributed by atoms with E-state index in [2.05, 4.69) is 10.2 Å². The van der Waals surface area contributed by atoms with Gasteiger partial charge in [-0.05, 0) is 18.7 Å². The van der Waals surface area contributed by atoms with Gasteiger partial charge >= 0.3 is 0 Å². The fourth-order valence-corrected chi connectivity index (χ4v) is 2.03. The molecule has 17 heavy (non-hydrogen) atoms. The van der Waals surface area contributed by atoms with Crippen LogP contribution in [0, 0.1) is 5.82 Å². The number of morpholine rings is 1. The first-order chi connectivity index (χ1) is 8.29. The summed E-state index contributed by atoms with van der Waals surface area (Å²) < 4.78 is 19.1. The molecule has 1 aromatic carbocycles. The lowest BCUT2D eigenvalue weighted by molar-refractivity contribution is 0.0337. The summed E-state index contributed by atoms with van der Waals surface area (Å²) in [5, 5.41) is 3.02. The molecule has 0 bridgehead atoms. The quantitative estimate of drug-likeness (QED) is 0.857. The van der Waals surface area contributed by atoms with E-state index in [-0.39, 0.29) is 5.82 Å². The van der Waals surface area contributed by atoms with Crippen LogP contribution in [0.1, 0.15) is 11.1 Å². The van der Waals surface area contributed by atoms with Gasteiger partial charge in [0, 0.05) is 31.7 Å². The van der Waals surface area contributed by atoms with Gasteiger partial charge in [-0.2, -0.15) is 0 Å². The van der Waals surface area contributed by atoms with Crippen molar-refractivity contribution in [2.75, 3.05) is 33.4 Å². The van der Waals surface area contributed by atoms with Crippen molar-refractivity contribution in [3.63, 3.8) is 0 Å². The summed E-state index contributed by atoms with van der Waals surface area (Å²) in [6.45, 7) is 4.65. The number of halogens is 1. The molecule has 1 aliphatic heterocycles. The van der Waals surface area contributed by atoms with Crippen LogP contribution in [0.5, 0.6) is 0 Å². The zero-order chi connectivity index (χ0) is 12.1. The average molecular weight is 238 g/mol. The van der Waals surface area contributed by atoms with Crippen molar-refractivity contribution in [2.45, 2.75) is 13.1 Å². The third kappa shape index (κ3) is 3.49. The van der Waals surface area contributed by atoms with Gasteiger partial charge < -0.3 is 10.1 Å².